The lowest BCUT2D eigenvalue weighted by Crippen LogP contribution is -2.19. The summed E-state index contributed by atoms with van der Waals surface area (Å²) in [6, 6.07) is 10.5. The van der Waals surface area contributed by atoms with Gasteiger partial charge in [0, 0.05) is 17.0 Å². The number of hydrogen-bond donors (Lipinski definition) is 0. The largest absolute Gasteiger partial charge is 0.256 e. The molecule has 0 bridgehead atoms. The van der Waals surface area contributed by atoms with E-state index in [9.17, 15) is 0 Å². The highest BCUT2D eigenvalue weighted by Gasteiger charge is 2.21. The van der Waals surface area contributed by atoms with Crippen molar-refractivity contribution in [1.29, 1.82) is 0 Å². The van der Waals surface area contributed by atoms with Crippen LogP contribution in [-0.4, -0.2) is 10.4 Å². The van der Waals surface area contributed by atoms with E-state index in [0.717, 1.165) is 18.4 Å². The normalized spacial score (nSPS) is 13.8. The van der Waals surface area contributed by atoms with Gasteiger partial charge < -0.3 is 0 Å². The third-order valence-electron chi connectivity index (χ3n) is 3.24. The van der Waals surface area contributed by atoms with Gasteiger partial charge in [0.2, 0.25) is 0 Å². The van der Waals surface area contributed by atoms with Gasteiger partial charge in [-0.2, -0.15) is 0 Å². The van der Waals surface area contributed by atoms with E-state index in [1.807, 2.05) is 12.3 Å². The molecule has 0 aliphatic carbocycles. The van der Waals surface area contributed by atoms with Crippen molar-refractivity contribution in [3.8, 4) is 0 Å². The highest BCUT2D eigenvalue weighted by molar-refractivity contribution is 6.20. The van der Waals surface area contributed by atoms with Crippen molar-refractivity contribution in [3.05, 3.63) is 42.1 Å². The summed E-state index contributed by atoms with van der Waals surface area (Å²) in [5.74, 6) is 0. The summed E-state index contributed by atoms with van der Waals surface area (Å²) in [6.45, 7) is 6.62. The summed E-state index contributed by atoms with van der Waals surface area (Å²) in [6.07, 6.45) is 3.95. The van der Waals surface area contributed by atoms with E-state index < -0.39 is 0 Å². The van der Waals surface area contributed by atoms with Crippen LogP contribution < -0.4 is 0 Å². The van der Waals surface area contributed by atoms with Gasteiger partial charge in [-0.15, -0.1) is 11.6 Å². The van der Waals surface area contributed by atoms with Crippen LogP contribution in [0.15, 0.2) is 36.5 Å². The fourth-order valence-electron chi connectivity index (χ4n) is 2.66. The van der Waals surface area contributed by atoms with Crippen molar-refractivity contribution in [2.24, 2.45) is 5.41 Å². The zero-order chi connectivity index (χ0) is 13.2. The lowest BCUT2D eigenvalue weighted by molar-refractivity contribution is 0.332. The summed E-state index contributed by atoms with van der Waals surface area (Å²) in [5, 5.41) is 1.48. The molecule has 1 aromatic heterocycles. The van der Waals surface area contributed by atoms with Gasteiger partial charge in [-0.1, -0.05) is 32.0 Å². The fraction of sp³-hybridized carbons (Fsp3) is 0.438. The summed E-state index contributed by atoms with van der Waals surface area (Å²) in [7, 11) is 0. The van der Waals surface area contributed by atoms with Crippen LogP contribution >= 0.6 is 11.6 Å². The van der Waals surface area contributed by atoms with E-state index in [1.165, 1.54) is 10.9 Å². The molecule has 0 N–H and O–H groups in total. The minimum atomic E-state index is 0.214. The third-order valence-corrected chi connectivity index (χ3v) is 3.40. The van der Waals surface area contributed by atoms with Gasteiger partial charge in [-0.3, -0.25) is 4.98 Å². The molecule has 0 aliphatic rings. The Labute approximate surface area is 114 Å². The Morgan fingerprint density at radius 3 is 2.67 bits per heavy atom. The number of fused-ring (bicyclic) bond motifs is 1. The molecule has 1 unspecified atom stereocenters. The minimum absolute atomic E-state index is 0.214. The molecule has 0 aliphatic heterocycles. The van der Waals surface area contributed by atoms with Crippen LogP contribution in [-0.2, 0) is 6.42 Å². The fourth-order valence-corrected chi connectivity index (χ4v) is 3.08. The van der Waals surface area contributed by atoms with E-state index in [0.29, 0.717) is 0 Å². The van der Waals surface area contributed by atoms with Crippen molar-refractivity contribution in [3.63, 3.8) is 0 Å². The predicted octanol–water partition coefficient (Wildman–Crippen LogP) is 4.82. The zero-order valence-electron chi connectivity index (χ0n) is 11.3. The molecule has 0 amide bonds. The molecule has 0 saturated carbocycles. The maximum Gasteiger partial charge on any atom is 0.0704 e. The SMILES string of the molecule is CC(Cl)CC(C)(C)Cc1ccnc2ccccc12. The molecule has 0 spiro atoms. The van der Waals surface area contributed by atoms with Crippen LogP contribution in [0.4, 0.5) is 0 Å². The van der Waals surface area contributed by atoms with Crippen LogP contribution in [0.25, 0.3) is 10.9 Å². The maximum atomic E-state index is 6.13. The van der Waals surface area contributed by atoms with Gasteiger partial charge in [-0.25, -0.2) is 0 Å². The number of nitrogens with zero attached hydrogens (tertiary/aromatic N) is 1. The number of rotatable bonds is 4. The minimum Gasteiger partial charge on any atom is -0.256 e. The predicted molar refractivity (Wildman–Crippen MR) is 79.2 cm³/mol. The van der Waals surface area contributed by atoms with Gasteiger partial charge in [0.25, 0.3) is 0 Å². The van der Waals surface area contributed by atoms with Crippen LogP contribution in [0.2, 0.25) is 0 Å². The van der Waals surface area contributed by atoms with Crippen molar-refractivity contribution in [2.75, 3.05) is 0 Å². The molecule has 2 aromatic rings. The summed E-state index contributed by atoms with van der Waals surface area (Å²) in [5.41, 5.74) is 2.65. The molecule has 1 nitrogen and oxygen atoms in total. The molecule has 96 valence electrons. The Morgan fingerprint density at radius 2 is 1.94 bits per heavy atom. The average molecular weight is 262 g/mol. The molecule has 2 rings (SSSR count). The van der Waals surface area contributed by atoms with E-state index in [2.05, 4.69) is 50.0 Å². The number of halogens is 1. The topological polar surface area (TPSA) is 12.9 Å². The maximum absolute atomic E-state index is 6.13. The second kappa shape index (κ2) is 5.27. The highest BCUT2D eigenvalue weighted by atomic mass is 35.5. The molecule has 1 heterocycles. The lowest BCUT2D eigenvalue weighted by Gasteiger charge is -2.26. The average Bonchev–Trinajstić information content (AvgIpc) is 2.27. The van der Waals surface area contributed by atoms with Crippen molar-refractivity contribution < 1.29 is 0 Å². The summed E-state index contributed by atoms with van der Waals surface area (Å²) in [4.78, 5) is 4.41. The molecule has 0 radical (unpaired) electrons. The van der Waals surface area contributed by atoms with Crippen LogP contribution in [0.5, 0.6) is 0 Å². The molecule has 2 heteroatoms. The van der Waals surface area contributed by atoms with Gasteiger partial charge >= 0.3 is 0 Å². The molecule has 0 fully saturated rings. The smallest absolute Gasteiger partial charge is 0.0704 e. The van der Waals surface area contributed by atoms with Gasteiger partial charge in [0.1, 0.15) is 0 Å². The molecular weight excluding hydrogens is 242 g/mol. The summed E-state index contributed by atoms with van der Waals surface area (Å²) >= 11 is 6.13. The third kappa shape index (κ3) is 3.23. The molecule has 18 heavy (non-hydrogen) atoms. The van der Waals surface area contributed by atoms with E-state index in [4.69, 9.17) is 11.6 Å². The first-order valence-electron chi connectivity index (χ1n) is 6.45. The number of para-hydroxylation sites is 1. The van der Waals surface area contributed by atoms with Crippen molar-refractivity contribution in [2.45, 2.75) is 39.0 Å². The lowest BCUT2D eigenvalue weighted by atomic mass is 9.81. The van der Waals surface area contributed by atoms with Crippen molar-refractivity contribution >= 4 is 22.5 Å². The van der Waals surface area contributed by atoms with Gasteiger partial charge in [0.05, 0.1) is 5.52 Å². The first-order chi connectivity index (χ1) is 8.48. The molecule has 0 saturated heterocycles. The molecule has 1 aromatic carbocycles. The second-order valence-electron chi connectivity index (χ2n) is 5.81. The second-order valence-corrected chi connectivity index (χ2v) is 6.56. The Morgan fingerprint density at radius 1 is 1.22 bits per heavy atom. The number of alkyl halides is 1. The number of benzene rings is 1. The number of pyridine rings is 1. The number of hydrogen-bond acceptors (Lipinski definition) is 1. The van der Waals surface area contributed by atoms with Crippen LogP contribution in [0, 0.1) is 5.41 Å². The van der Waals surface area contributed by atoms with E-state index in [1.54, 1.807) is 0 Å². The Bertz CT molecular complexity index is 526. The molecular formula is C16H20ClN. The first kappa shape index (κ1) is 13.4. The first-order valence-corrected chi connectivity index (χ1v) is 6.88. The van der Waals surface area contributed by atoms with Crippen LogP contribution in [0.1, 0.15) is 32.8 Å². The summed E-state index contributed by atoms with van der Waals surface area (Å²) < 4.78 is 0. The number of aromatic nitrogens is 1. The van der Waals surface area contributed by atoms with Crippen molar-refractivity contribution in [1.82, 2.24) is 4.98 Å². The standard InChI is InChI=1S/C16H20ClN/c1-12(17)10-16(2,3)11-13-8-9-18-15-7-5-4-6-14(13)15/h4-9,12H,10-11H2,1-3H3. The quantitative estimate of drug-likeness (QED) is 0.719. The van der Waals surface area contributed by atoms with E-state index >= 15 is 0 Å². The Hall–Kier alpha value is -1.08. The Balaban J connectivity index is 2.32. The Kier molecular flexibility index (Phi) is 3.91. The van der Waals surface area contributed by atoms with Crippen LogP contribution in [0.3, 0.4) is 0 Å². The zero-order valence-corrected chi connectivity index (χ0v) is 12.0. The van der Waals surface area contributed by atoms with Gasteiger partial charge in [0.15, 0.2) is 0 Å². The van der Waals surface area contributed by atoms with E-state index in [-0.39, 0.29) is 10.8 Å². The highest BCUT2D eigenvalue weighted by Crippen LogP contribution is 2.31. The monoisotopic (exact) mass is 261 g/mol. The van der Waals surface area contributed by atoms with Gasteiger partial charge in [-0.05, 0) is 42.9 Å². The molecule has 1 atom stereocenters.